The Labute approximate surface area is 159 Å². The molecule has 1 aliphatic heterocycles. The standard InChI is InChI=1S/C19H26N4O2S/c1-3-9-22-18(14-16-5-7-17(8-6-16)25-4-2)20-23(19(22)26)15-21-10-12-24-13-11-21/h3,5-8H,1,4,9-15H2,2H3. The summed E-state index contributed by atoms with van der Waals surface area (Å²) in [5.41, 5.74) is 1.18. The lowest BCUT2D eigenvalue weighted by Gasteiger charge is -2.26. The van der Waals surface area contributed by atoms with Crippen molar-refractivity contribution in [1.82, 2.24) is 19.2 Å². The summed E-state index contributed by atoms with van der Waals surface area (Å²) in [5.74, 6) is 1.84. The van der Waals surface area contributed by atoms with E-state index in [1.807, 2.05) is 29.8 Å². The second-order valence-corrected chi connectivity index (χ2v) is 6.59. The molecule has 0 N–H and O–H groups in total. The number of hydrogen-bond donors (Lipinski definition) is 0. The van der Waals surface area contributed by atoms with Gasteiger partial charge in [-0.15, -0.1) is 6.58 Å². The molecular formula is C19H26N4O2S. The molecule has 1 aromatic carbocycles. The highest BCUT2D eigenvalue weighted by molar-refractivity contribution is 7.71. The number of nitrogens with zero attached hydrogens (tertiary/aromatic N) is 4. The van der Waals surface area contributed by atoms with E-state index in [1.54, 1.807) is 0 Å². The van der Waals surface area contributed by atoms with E-state index in [4.69, 9.17) is 26.8 Å². The highest BCUT2D eigenvalue weighted by Crippen LogP contribution is 2.16. The van der Waals surface area contributed by atoms with Crippen LogP contribution < -0.4 is 4.74 Å². The molecule has 1 saturated heterocycles. The average Bonchev–Trinajstić information content (AvgIpc) is 2.94. The van der Waals surface area contributed by atoms with Crippen molar-refractivity contribution in [2.75, 3.05) is 32.9 Å². The summed E-state index contributed by atoms with van der Waals surface area (Å²) in [6.45, 7) is 11.2. The molecule has 0 spiro atoms. The molecule has 2 aromatic rings. The van der Waals surface area contributed by atoms with Crippen molar-refractivity contribution in [2.24, 2.45) is 0 Å². The predicted molar refractivity (Wildman–Crippen MR) is 104 cm³/mol. The molecule has 0 atom stereocenters. The summed E-state index contributed by atoms with van der Waals surface area (Å²) in [6, 6.07) is 8.15. The lowest BCUT2D eigenvalue weighted by molar-refractivity contribution is 0.0209. The van der Waals surface area contributed by atoms with Gasteiger partial charge in [0.2, 0.25) is 0 Å². The molecule has 7 heteroatoms. The van der Waals surface area contributed by atoms with Crippen LogP contribution in [-0.4, -0.2) is 52.2 Å². The number of hydrogen-bond acceptors (Lipinski definition) is 5. The molecule has 26 heavy (non-hydrogen) atoms. The minimum absolute atomic E-state index is 0.661. The zero-order valence-electron chi connectivity index (χ0n) is 15.3. The first-order valence-corrected chi connectivity index (χ1v) is 9.41. The average molecular weight is 375 g/mol. The quantitative estimate of drug-likeness (QED) is 0.525. The monoisotopic (exact) mass is 374 g/mol. The molecule has 140 valence electrons. The third-order valence-electron chi connectivity index (χ3n) is 4.35. The number of rotatable bonds is 8. The molecule has 0 bridgehead atoms. The van der Waals surface area contributed by atoms with E-state index < -0.39 is 0 Å². The minimum Gasteiger partial charge on any atom is -0.494 e. The van der Waals surface area contributed by atoms with E-state index in [0.717, 1.165) is 49.1 Å². The molecule has 1 aliphatic rings. The second kappa shape index (κ2) is 9.12. The molecule has 1 fully saturated rings. The van der Waals surface area contributed by atoms with Crippen molar-refractivity contribution >= 4 is 12.2 Å². The SMILES string of the molecule is C=CCn1c(Cc2ccc(OCC)cc2)nn(CN2CCOCC2)c1=S. The lowest BCUT2D eigenvalue weighted by atomic mass is 10.1. The number of allylic oxidation sites excluding steroid dienone is 1. The third kappa shape index (κ3) is 4.60. The normalized spacial score (nSPS) is 15.1. The van der Waals surface area contributed by atoms with Gasteiger partial charge in [0.05, 0.1) is 26.5 Å². The molecule has 0 aliphatic carbocycles. The third-order valence-corrected chi connectivity index (χ3v) is 4.78. The molecule has 1 aromatic heterocycles. The summed E-state index contributed by atoms with van der Waals surface area (Å²) in [4.78, 5) is 2.31. The fourth-order valence-electron chi connectivity index (χ4n) is 3.01. The lowest BCUT2D eigenvalue weighted by Crippen LogP contribution is -2.37. The van der Waals surface area contributed by atoms with Gasteiger partial charge in [-0.2, -0.15) is 5.10 Å². The van der Waals surface area contributed by atoms with Crippen LogP contribution in [-0.2, 0) is 24.4 Å². The Morgan fingerprint density at radius 2 is 2.00 bits per heavy atom. The van der Waals surface area contributed by atoms with Gasteiger partial charge in [0.25, 0.3) is 0 Å². The van der Waals surface area contributed by atoms with E-state index in [2.05, 4.69) is 28.2 Å². The van der Waals surface area contributed by atoms with Crippen molar-refractivity contribution in [2.45, 2.75) is 26.6 Å². The zero-order valence-corrected chi connectivity index (χ0v) is 16.1. The number of ether oxygens (including phenoxy) is 2. The van der Waals surface area contributed by atoms with Crippen molar-refractivity contribution in [3.8, 4) is 5.75 Å². The van der Waals surface area contributed by atoms with Crippen molar-refractivity contribution in [1.29, 1.82) is 0 Å². The van der Waals surface area contributed by atoms with Crippen LogP contribution in [0.2, 0.25) is 0 Å². The first-order valence-electron chi connectivity index (χ1n) is 9.00. The van der Waals surface area contributed by atoms with Gasteiger partial charge in [0, 0.05) is 26.1 Å². The van der Waals surface area contributed by atoms with Crippen LogP contribution in [0.1, 0.15) is 18.3 Å². The number of morpholine rings is 1. The van der Waals surface area contributed by atoms with Gasteiger partial charge in [0.1, 0.15) is 11.6 Å². The van der Waals surface area contributed by atoms with Gasteiger partial charge in [-0.25, -0.2) is 4.68 Å². The Hall–Kier alpha value is -1.96. The predicted octanol–water partition coefficient (Wildman–Crippen LogP) is 2.88. The summed E-state index contributed by atoms with van der Waals surface area (Å²) in [7, 11) is 0. The van der Waals surface area contributed by atoms with E-state index >= 15 is 0 Å². The Bertz CT molecular complexity index is 776. The summed E-state index contributed by atoms with van der Waals surface area (Å²) >= 11 is 5.66. The highest BCUT2D eigenvalue weighted by atomic mass is 32.1. The van der Waals surface area contributed by atoms with Crippen LogP contribution in [0, 0.1) is 4.77 Å². The fourth-order valence-corrected chi connectivity index (χ4v) is 3.28. The van der Waals surface area contributed by atoms with Crippen molar-refractivity contribution in [3.05, 3.63) is 53.1 Å². The number of aromatic nitrogens is 3. The van der Waals surface area contributed by atoms with Crippen LogP contribution in [0.4, 0.5) is 0 Å². The van der Waals surface area contributed by atoms with Crippen LogP contribution >= 0.6 is 12.2 Å². The van der Waals surface area contributed by atoms with Gasteiger partial charge in [-0.3, -0.25) is 9.47 Å². The largest absolute Gasteiger partial charge is 0.494 e. The van der Waals surface area contributed by atoms with Crippen LogP contribution in [0.15, 0.2) is 36.9 Å². The topological polar surface area (TPSA) is 44.5 Å². The Balaban J connectivity index is 1.79. The molecule has 6 nitrogen and oxygen atoms in total. The molecule has 0 amide bonds. The zero-order chi connectivity index (χ0) is 18.4. The number of benzene rings is 1. The van der Waals surface area contributed by atoms with Crippen LogP contribution in [0.5, 0.6) is 5.75 Å². The smallest absolute Gasteiger partial charge is 0.199 e. The maximum Gasteiger partial charge on any atom is 0.199 e. The van der Waals surface area contributed by atoms with Gasteiger partial charge in [0.15, 0.2) is 4.77 Å². The highest BCUT2D eigenvalue weighted by Gasteiger charge is 2.15. The van der Waals surface area contributed by atoms with Gasteiger partial charge in [-0.1, -0.05) is 18.2 Å². The van der Waals surface area contributed by atoms with Gasteiger partial charge >= 0.3 is 0 Å². The van der Waals surface area contributed by atoms with E-state index in [-0.39, 0.29) is 0 Å². The second-order valence-electron chi connectivity index (χ2n) is 6.22. The molecule has 3 rings (SSSR count). The van der Waals surface area contributed by atoms with Gasteiger partial charge < -0.3 is 9.47 Å². The van der Waals surface area contributed by atoms with Crippen LogP contribution in [0.3, 0.4) is 0 Å². The maximum atomic E-state index is 5.66. The van der Waals surface area contributed by atoms with Crippen molar-refractivity contribution < 1.29 is 9.47 Å². The molecule has 2 heterocycles. The molecule has 0 radical (unpaired) electrons. The Morgan fingerprint density at radius 1 is 1.27 bits per heavy atom. The first kappa shape index (κ1) is 18.8. The van der Waals surface area contributed by atoms with E-state index in [1.165, 1.54) is 5.56 Å². The Morgan fingerprint density at radius 3 is 2.65 bits per heavy atom. The fraction of sp³-hybridized carbons (Fsp3) is 0.474. The summed E-state index contributed by atoms with van der Waals surface area (Å²) in [5, 5.41) is 4.79. The van der Waals surface area contributed by atoms with E-state index in [9.17, 15) is 0 Å². The van der Waals surface area contributed by atoms with Crippen LogP contribution in [0.25, 0.3) is 0 Å². The van der Waals surface area contributed by atoms with E-state index in [0.29, 0.717) is 19.8 Å². The maximum absolute atomic E-state index is 5.66. The summed E-state index contributed by atoms with van der Waals surface area (Å²) in [6.07, 6.45) is 2.58. The first-order chi connectivity index (χ1) is 12.7. The van der Waals surface area contributed by atoms with Crippen molar-refractivity contribution in [3.63, 3.8) is 0 Å². The molecule has 0 saturated carbocycles. The molecular weight excluding hydrogens is 348 g/mol. The Kier molecular flexibility index (Phi) is 6.60. The minimum atomic E-state index is 0.661. The van der Waals surface area contributed by atoms with Gasteiger partial charge in [-0.05, 0) is 36.8 Å². The summed E-state index contributed by atoms with van der Waals surface area (Å²) < 4.78 is 15.6. The molecule has 0 unspecified atom stereocenters.